The van der Waals surface area contributed by atoms with Gasteiger partial charge in [0, 0.05) is 25.0 Å². The number of aryl methyl sites for hydroxylation is 1. The van der Waals surface area contributed by atoms with Gasteiger partial charge in [-0.15, -0.1) is 0 Å². The number of nitriles is 1. The highest BCUT2D eigenvalue weighted by atomic mass is 32.2. The second kappa shape index (κ2) is 7.00. The van der Waals surface area contributed by atoms with Gasteiger partial charge in [0.15, 0.2) is 9.84 Å². The molecule has 2 aromatic rings. The van der Waals surface area contributed by atoms with E-state index in [0.29, 0.717) is 31.0 Å². The summed E-state index contributed by atoms with van der Waals surface area (Å²) in [6.45, 7) is 4.02. The van der Waals surface area contributed by atoms with Crippen molar-refractivity contribution in [2.75, 3.05) is 18.1 Å². The molecule has 3 rings (SSSR count). The van der Waals surface area contributed by atoms with Gasteiger partial charge in [-0.3, -0.25) is 9.36 Å². The van der Waals surface area contributed by atoms with E-state index in [0.717, 1.165) is 0 Å². The summed E-state index contributed by atoms with van der Waals surface area (Å²) in [6.07, 6.45) is 4.60. The fourth-order valence-corrected chi connectivity index (χ4v) is 5.13. The molecule has 2 aromatic heterocycles. The minimum absolute atomic E-state index is 0.0258. The predicted molar refractivity (Wildman–Crippen MR) is 95.9 cm³/mol. The Hall–Kier alpha value is -2.53. The summed E-state index contributed by atoms with van der Waals surface area (Å²) in [5.74, 6) is 0.383. The SMILES string of the molecule is CCCN(C(=O)c1c(C)oc(-n2cccc2)c1C#N)[C@@H]1CCS(=O)(=O)C1. The number of nitrogens with zero attached hydrogens (tertiary/aromatic N) is 3. The first-order chi connectivity index (χ1) is 12.4. The molecule has 0 bridgehead atoms. The van der Waals surface area contributed by atoms with E-state index in [-0.39, 0.29) is 34.6 Å². The van der Waals surface area contributed by atoms with Gasteiger partial charge in [-0.1, -0.05) is 6.92 Å². The summed E-state index contributed by atoms with van der Waals surface area (Å²) < 4.78 is 31.0. The highest BCUT2D eigenvalue weighted by molar-refractivity contribution is 7.91. The van der Waals surface area contributed by atoms with E-state index in [9.17, 15) is 18.5 Å². The first kappa shape index (κ1) is 18.3. The minimum Gasteiger partial charge on any atom is -0.443 e. The van der Waals surface area contributed by atoms with Crippen molar-refractivity contribution < 1.29 is 17.6 Å². The Morgan fingerprint density at radius 1 is 1.42 bits per heavy atom. The topological polar surface area (TPSA) is 96.3 Å². The van der Waals surface area contributed by atoms with Crippen LogP contribution in [0.5, 0.6) is 0 Å². The number of carbonyl (C=O) groups excluding carboxylic acids is 1. The van der Waals surface area contributed by atoms with Crippen LogP contribution in [-0.4, -0.2) is 47.9 Å². The summed E-state index contributed by atoms with van der Waals surface area (Å²) in [5.41, 5.74) is 0.389. The Morgan fingerprint density at radius 3 is 2.65 bits per heavy atom. The number of rotatable bonds is 5. The molecule has 1 saturated heterocycles. The molecule has 0 unspecified atom stereocenters. The second-order valence-electron chi connectivity index (χ2n) is 6.47. The third-order valence-electron chi connectivity index (χ3n) is 4.60. The monoisotopic (exact) mass is 375 g/mol. The molecule has 0 radical (unpaired) electrons. The average Bonchev–Trinajstić information content (AvgIpc) is 3.30. The van der Waals surface area contributed by atoms with Crippen LogP contribution in [0.25, 0.3) is 5.88 Å². The van der Waals surface area contributed by atoms with E-state index in [4.69, 9.17) is 4.42 Å². The molecule has 3 heterocycles. The van der Waals surface area contributed by atoms with Crippen LogP contribution in [0.15, 0.2) is 28.9 Å². The van der Waals surface area contributed by atoms with Gasteiger partial charge >= 0.3 is 0 Å². The summed E-state index contributed by atoms with van der Waals surface area (Å²) >= 11 is 0. The van der Waals surface area contributed by atoms with Crippen molar-refractivity contribution in [2.45, 2.75) is 32.7 Å². The van der Waals surface area contributed by atoms with E-state index in [1.807, 2.05) is 6.92 Å². The van der Waals surface area contributed by atoms with Crippen molar-refractivity contribution in [3.8, 4) is 12.0 Å². The maximum atomic E-state index is 13.2. The van der Waals surface area contributed by atoms with Crippen LogP contribution in [-0.2, 0) is 9.84 Å². The lowest BCUT2D eigenvalue weighted by Crippen LogP contribution is -2.42. The van der Waals surface area contributed by atoms with E-state index in [1.54, 1.807) is 40.9 Å². The van der Waals surface area contributed by atoms with E-state index < -0.39 is 9.84 Å². The largest absolute Gasteiger partial charge is 0.443 e. The molecule has 1 fully saturated rings. The quantitative estimate of drug-likeness (QED) is 0.799. The van der Waals surface area contributed by atoms with Crippen LogP contribution in [0.2, 0.25) is 0 Å². The second-order valence-corrected chi connectivity index (χ2v) is 8.70. The number of hydrogen-bond donors (Lipinski definition) is 0. The van der Waals surface area contributed by atoms with Crippen molar-refractivity contribution in [1.29, 1.82) is 5.26 Å². The molecule has 0 aromatic carbocycles. The zero-order valence-corrected chi connectivity index (χ0v) is 15.6. The maximum absolute atomic E-state index is 13.2. The van der Waals surface area contributed by atoms with E-state index in [1.165, 1.54) is 0 Å². The Balaban J connectivity index is 2.01. The molecule has 0 spiro atoms. The highest BCUT2D eigenvalue weighted by Gasteiger charge is 2.37. The standard InChI is InChI=1S/C18H21N3O4S/c1-3-7-21(14-6-10-26(23,24)12-14)17(22)16-13(2)25-18(15(16)11-19)20-8-4-5-9-20/h4-5,8-9,14H,3,6-7,10,12H2,1-2H3/t14-/m1/s1. The van der Waals surface area contributed by atoms with E-state index in [2.05, 4.69) is 6.07 Å². The Kier molecular flexibility index (Phi) is 4.92. The Bertz CT molecular complexity index is 951. The first-order valence-electron chi connectivity index (χ1n) is 8.56. The van der Waals surface area contributed by atoms with Crippen LogP contribution in [0.3, 0.4) is 0 Å². The Morgan fingerprint density at radius 2 is 2.12 bits per heavy atom. The van der Waals surface area contributed by atoms with Gasteiger partial charge < -0.3 is 9.32 Å². The molecule has 0 aliphatic carbocycles. The normalized spacial score (nSPS) is 18.6. The summed E-state index contributed by atoms with van der Waals surface area (Å²) in [4.78, 5) is 14.8. The van der Waals surface area contributed by atoms with Crippen molar-refractivity contribution in [3.63, 3.8) is 0 Å². The molecule has 1 aliphatic heterocycles. The number of furan rings is 1. The van der Waals surface area contributed by atoms with Crippen molar-refractivity contribution in [2.24, 2.45) is 0 Å². The molecular weight excluding hydrogens is 354 g/mol. The average molecular weight is 375 g/mol. The smallest absolute Gasteiger partial charge is 0.259 e. The molecule has 7 nitrogen and oxygen atoms in total. The maximum Gasteiger partial charge on any atom is 0.259 e. The number of sulfone groups is 1. The molecular formula is C18H21N3O4S. The van der Waals surface area contributed by atoms with Crippen molar-refractivity contribution in [1.82, 2.24) is 9.47 Å². The lowest BCUT2D eigenvalue weighted by Gasteiger charge is -2.27. The zero-order chi connectivity index (χ0) is 18.9. The highest BCUT2D eigenvalue weighted by Crippen LogP contribution is 2.29. The van der Waals surface area contributed by atoms with Crippen LogP contribution in [0.1, 0.15) is 41.4 Å². The minimum atomic E-state index is -3.12. The van der Waals surface area contributed by atoms with Gasteiger partial charge in [0.1, 0.15) is 23.0 Å². The van der Waals surface area contributed by atoms with Gasteiger partial charge in [-0.25, -0.2) is 8.42 Å². The predicted octanol–water partition coefficient (Wildman–Crippen LogP) is 2.29. The van der Waals surface area contributed by atoms with Gasteiger partial charge in [0.25, 0.3) is 5.91 Å². The molecule has 8 heteroatoms. The van der Waals surface area contributed by atoms with E-state index >= 15 is 0 Å². The van der Waals surface area contributed by atoms with Crippen LogP contribution in [0, 0.1) is 18.3 Å². The number of hydrogen-bond acceptors (Lipinski definition) is 5. The van der Waals surface area contributed by atoms with Crippen LogP contribution < -0.4 is 0 Å². The van der Waals surface area contributed by atoms with Gasteiger partial charge in [0.05, 0.1) is 11.5 Å². The molecule has 1 aliphatic rings. The fourth-order valence-electron chi connectivity index (χ4n) is 3.40. The van der Waals surface area contributed by atoms with Crippen molar-refractivity contribution in [3.05, 3.63) is 41.4 Å². The summed E-state index contributed by atoms with van der Waals surface area (Å²) in [6, 6.07) is 5.32. The third-order valence-corrected chi connectivity index (χ3v) is 6.36. The molecule has 26 heavy (non-hydrogen) atoms. The van der Waals surface area contributed by atoms with Gasteiger partial charge in [0.2, 0.25) is 5.88 Å². The van der Waals surface area contributed by atoms with Crippen molar-refractivity contribution >= 4 is 15.7 Å². The summed E-state index contributed by atoms with van der Waals surface area (Å²) in [5, 5.41) is 9.63. The molecule has 1 atom stereocenters. The van der Waals surface area contributed by atoms with Crippen LogP contribution in [0.4, 0.5) is 0 Å². The number of carbonyl (C=O) groups is 1. The lowest BCUT2D eigenvalue weighted by atomic mass is 10.1. The van der Waals surface area contributed by atoms with Crippen LogP contribution >= 0.6 is 0 Å². The molecule has 0 saturated carbocycles. The third kappa shape index (κ3) is 3.27. The van der Waals surface area contributed by atoms with Gasteiger partial charge in [-0.2, -0.15) is 5.26 Å². The molecule has 1 amide bonds. The van der Waals surface area contributed by atoms with Gasteiger partial charge in [-0.05, 0) is 31.9 Å². The zero-order valence-electron chi connectivity index (χ0n) is 14.8. The number of amides is 1. The number of aromatic nitrogens is 1. The summed E-state index contributed by atoms with van der Waals surface area (Å²) in [7, 11) is -3.12. The molecule has 0 N–H and O–H groups in total. The fraction of sp³-hybridized carbons (Fsp3) is 0.444. The lowest BCUT2D eigenvalue weighted by molar-refractivity contribution is 0.0695. The Labute approximate surface area is 152 Å². The molecule has 138 valence electrons. The first-order valence-corrected chi connectivity index (χ1v) is 10.4.